The number of fused-ring (bicyclic) bond motifs is 4. The Morgan fingerprint density at radius 1 is 0.667 bits per heavy atom. The second kappa shape index (κ2) is 17.1. The van der Waals surface area contributed by atoms with Crippen LogP contribution in [0.4, 0.5) is 21.5 Å². The molecule has 4 N–H and O–H groups in total. The Morgan fingerprint density at radius 3 is 1.89 bits per heavy atom. The lowest BCUT2D eigenvalue weighted by Crippen LogP contribution is -2.45. The third-order valence-electron chi connectivity index (χ3n) is 12.4. The number of carboxylic acids is 4. The third kappa shape index (κ3) is 8.17. The van der Waals surface area contributed by atoms with Gasteiger partial charge in [-0.15, -0.1) is 0 Å². The Morgan fingerprint density at radius 2 is 1.24 bits per heavy atom. The highest BCUT2D eigenvalue weighted by atomic mass is 19.1. The summed E-state index contributed by atoms with van der Waals surface area (Å²) >= 11 is 0. The Bertz CT molecular complexity index is 2660. The first-order valence-electron chi connectivity index (χ1n) is 21.4. The molecule has 0 aromatic heterocycles. The first-order chi connectivity index (χ1) is 30.4. The van der Waals surface area contributed by atoms with Gasteiger partial charge in [0.2, 0.25) is 5.36 Å². The van der Waals surface area contributed by atoms with E-state index in [9.17, 15) is 44.0 Å². The van der Waals surface area contributed by atoms with Gasteiger partial charge in [-0.2, -0.15) is 0 Å². The van der Waals surface area contributed by atoms with Gasteiger partial charge in [0, 0.05) is 65.2 Å². The number of carbonyl (C=O) groups is 4. The van der Waals surface area contributed by atoms with Crippen LogP contribution in [-0.2, 0) is 44.9 Å². The average Bonchev–Trinajstić information content (AvgIpc) is 3.24. The van der Waals surface area contributed by atoms with Crippen LogP contribution in [0.3, 0.4) is 0 Å². The van der Waals surface area contributed by atoms with Crippen molar-refractivity contribution < 1.29 is 58.2 Å². The summed E-state index contributed by atoms with van der Waals surface area (Å²) in [7, 11) is 0. The van der Waals surface area contributed by atoms with Crippen molar-refractivity contribution in [3.63, 3.8) is 0 Å². The summed E-state index contributed by atoms with van der Waals surface area (Å²) in [6.07, 6.45) is 7.70. The largest absolute Gasteiger partial charge is 0.488 e. The molecule has 0 spiro atoms. The number of aryl methyl sites for hydroxylation is 2. The predicted molar refractivity (Wildman–Crippen MR) is 229 cm³/mol. The van der Waals surface area contributed by atoms with Crippen LogP contribution >= 0.6 is 0 Å². The molecule has 0 saturated carbocycles. The summed E-state index contributed by atoms with van der Waals surface area (Å²) in [6.45, 7) is 0.901. The number of aliphatic carboxylic acids is 4. The highest BCUT2D eigenvalue weighted by Gasteiger charge is 2.36. The van der Waals surface area contributed by atoms with E-state index in [0.717, 1.165) is 128 Å². The van der Waals surface area contributed by atoms with Crippen LogP contribution in [0.2, 0.25) is 0 Å². The lowest BCUT2D eigenvalue weighted by Gasteiger charge is -2.39. The van der Waals surface area contributed by atoms with E-state index in [1.165, 1.54) is 44.3 Å². The summed E-state index contributed by atoms with van der Waals surface area (Å²) in [5.41, 5.74) is 9.12. The normalized spacial score (nSPS) is 15.5. The van der Waals surface area contributed by atoms with Gasteiger partial charge >= 0.3 is 23.9 Å². The maximum atomic E-state index is 14.5. The van der Waals surface area contributed by atoms with E-state index in [4.69, 9.17) is 14.2 Å². The van der Waals surface area contributed by atoms with Crippen LogP contribution in [0.5, 0.6) is 23.0 Å². The number of ether oxygens (including phenoxy) is 3. The van der Waals surface area contributed by atoms with Gasteiger partial charge in [0.1, 0.15) is 81.3 Å². The van der Waals surface area contributed by atoms with E-state index in [1.54, 1.807) is 12.1 Å². The molecule has 0 radical (unpaired) electrons. The molecule has 63 heavy (non-hydrogen) atoms. The quantitative estimate of drug-likeness (QED) is 0.0831. The summed E-state index contributed by atoms with van der Waals surface area (Å²) in [6, 6.07) is 13.2. The topological polar surface area (TPSA) is 190 Å². The van der Waals surface area contributed by atoms with Gasteiger partial charge in [-0.25, -0.2) is 8.97 Å². The molecule has 0 unspecified atom stereocenters. The number of nitrogens with zero attached hydrogens (tertiary/aromatic N) is 4. The number of carboxylic acid groups (broad SMARTS) is 4. The molecule has 5 aliphatic rings. The van der Waals surface area contributed by atoms with Crippen molar-refractivity contribution in [3.05, 3.63) is 98.3 Å². The van der Waals surface area contributed by atoms with Gasteiger partial charge in [0.15, 0.2) is 0 Å². The minimum absolute atomic E-state index is 0.0416. The molecular weight excluding hydrogens is 816 g/mol. The average molecular weight is 864 g/mol. The molecule has 0 atom stereocenters. The van der Waals surface area contributed by atoms with E-state index in [0.29, 0.717) is 0 Å². The molecular formula is C47H48FN4O11+. The van der Waals surface area contributed by atoms with Crippen LogP contribution in [-0.4, -0.2) is 110 Å². The molecule has 328 valence electrons. The second-order valence-corrected chi connectivity index (χ2v) is 16.6. The first-order valence-corrected chi connectivity index (χ1v) is 21.4. The van der Waals surface area contributed by atoms with E-state index in [1.807, 2.05) is 6.07 Å². The van der Waals surface area contributed by atoms with Crippen LogP contribution in [0, 0.1) is 5.82 Å². The Labute approximate surface area is 361 Å². The molecule has 4 aromatic carbocycles. The van der Waals surface area contributed by atoms with Crippen molar-refractivity contribution in [3.8, 4) is 23.0 Å². The van der Waals surface area contributed by atoms with E-state index < -0.39 is 55.9 Å². The van der Waals surface area contributed by atoms with Crippen molar-refractivity contribution in [2.24, 2.45) is 0 Å². The molecule has 0 fully saturated rings. The fraction of sp³-hybridized carbons (Fsp3) is 0.383. The fourth-order valence-corrected chi connectivity index (χ4v) is 10.1. The smallest absolute Gasteiger partial charge is 0.323 e. The summed E-state index contributed by atoms with van der Waals surface area (Å²) in [5.74, 6) is -4.05. The maximum Gasteiger partial charge on any atom is 0.323 e. The minimum Gasteiger partial charge on any atom is -0.488 e. The third-order valence-corrected chi connectivity index (χ3v) is 12.4. The van der Waals surface area contributed by atoms with Gasteiger partial charge in [-0.05, 0) is 86.1 Å². The van der Waals surface area contributed by atoms with Crippen LogP contribution in [0.25, 0.3) is 5.57 Å². The standard InChI is InChI=1S/C47H47FN4O11/c48-30-10-12-36(52(25-41(57)58)26-42(59)60)38(22-30)62-18-17-61-37-21-27(9-11-35(37)51(23-39(53)54)24-40(55)56)43-33-19-28-5-1-13-49-15-3-7-31(44(28)49)46(33)63-47-32-8-4-16-50-14-2-6-29(45(32)50)20-34(43)47/h9-12,19-22H,1-8,13-18,23-26H2,(H3-,53,54,55,56,57,58,59,60)/p+1. The van der Waals surface area contributed by atoms with Crippen LogP contribution < -0.4 is 44.1 Å². The molecule has 0 aliphatic carbocycles. The number of rotatable bonds is 16. The molecule has 0 bridgehead atoms. The fourth-order valence-electron chi connectivity index (χ4n) is 10.1. The SMILES string of the molecule is O=C(O)CN(CC(=O)O)c1ccc(F)cc1OCCOc1cc(C2=c3cc4c5c(c3Oc3c2cc2c6c3CCCN6CCC2)CCC[N+]=5CCC4)ccc1N(CC(=O)O)CC(=O)O. The summed E-state index contributed by atoms with van der Waals surface area (Å²) in [5, 5.41) is 40.9. The number of benzene rings is 4. The van der Waals surface area contributed by atoms with Crippen molar-refractivity contribution in [2.45, 2.75) is 51.4 Å². The summed E-state index contributed by atoms with van der Waals surface area (Å²) in [4.78, 5) is 52.2. The highest BCUT2D eigenvalue weighted by molar-refractivity contribution is 5.91. The maximum absolute atomic E-state index is 14.5. The molecule has 5 aliphatic heterocycles. The number of hydrogen-bond donors (Lipinski definition) is 4. The first kappa shape index (κ1) is 41.5. The van der Waals surface area contributed by atoms with Gasteiger partial charge in [0.05, 0.1) is 16.9 Å². The van der Waals surface area contributed by atoms with E-state index in [-0.39, 0.29) is 36.1 Å². The van der Waals surface area contributed by atoms with Crippen molar-refractivity contribution in [2.75, 3.05) is 80.3 Å². The van der Waals surface area contributed by atoms with E-state index in [2.05, 4.69) is 21.6 Å². The lowest BCUT2D eigenvalue weighted by molar-refractivity contribution is -0.138. The van der Waals surface area contributed by atoms with Gasteiger partial charge < -0.3 is 49.3 Å². The zero-order valence-corrected chi connectivity index (χ0v) is 34.7. The van der Waals surface area contributed by atoms with Gasteiger partial charge in [0.25, 0.3) is 0 Å². The Balaban J connectivity index is 1.17. The molecule has 5 heterocycles. The minimum atomic E-state index is -1.30. The van der Waals surface area contributed by atoms with Gasteiger partial charge in [-0.3, -0.25) is 19.2 Å². The number of halogens is 1. The monoisotopic (exact) mass is 863 g/mol. The lowest BCUT2D eigenvalue weighted by atomic mass is 9.82. The molecule has 16 heteroatoms. The zero-order valence-electron chi connectivity index (χ0n) is 34.7. The number of hydrogen-bond acceptors (Lipinski definition) is 10. The number of anilines is 3. The van der Waals surface area contributed by atoms with Crippen molar-refractivity contribution in [1.82, 2.24) is 4.58 Å². The van der Waals surface area contributed by atoms with Crippen molar-refractivity contribution in [1.29, 1.82) is 0 Å². The highest BCUT2D eigenvalue weighted by Crippen LogP contribution is 2.49. The van der Waals surface area contributed by atoms with E-state index >= 15 is 0 Å². The van der Waals surface area contributed by atoms with Crippen molar-refractivity contribution >= 4 is 46.5 Å². The predicted octanol–water partition coefficient (Wildman–Crippen LogP) is 3.67. The Kier molecular flexibility index (Phi) is 11.3. The van der Waals surface area contributed by atoms with Crippen LogP contribution in [0.15, 0.2) is 48.5 Å². The molecule has 15 nitrogen and oxygen atoms in total. The zero-order chi connectivity index (χ0) is 43.9. The molecule has 0 amide bonds. The van der Waals surface area contributed by atoms with Gasteiger partial charge in [-0.1, -0.05) is 6.07 Å². The molecule has 4 aromatic rings. The molecule has 0 saturated heterocycles. The second-order valence-electron chi connectivity index (χ2n) is 16.6. The van der Waals surface area contributed by atoms with Crippen LogP contribution in [0.1, 0.15) is 59.1 Å². The summed E-state index contributed by atoms with van der Waals surface area (Å²) < 4.78 is 36.5. The Hall–Kier alpha value is -6.84. The molecule has 9 rings (SSSR count).